The number of carbonyl (C=O) groups excluding carboxylic acids is 1. The highest BCUT2D eigenvalue weighted by molar-refractivity contribution is 5.96. The number of aromatic nitrogens is 2. The first-order valence-electron chi connectivity index (χ1n) is 9.91. The van der Waals surface area contributed by atoms with Crippen molar-refractivity contribution in [2.45, 2.75) is 26.2 Å². The van der Waals surface area contributed by atoms with Crippen LogP contribution < -0.4 is 15.8 Å². The largest absolute Gasteiger partial charge is 0.492 e. The molecule has 1 aliphatic rings. The third kappa shape index (κ3) is 5.42. The summed E-state index contributed by atoms with van der Waals surface area (Å²) in [7, 11) is 1.54. The SMILES string of the molecule is CCCN(CCOc1cccc(-c2cnc(N)c(C(=O)NC)n2)c1)CC1CC1. The van der Waals surface area contributed by atoms with Crippen LogP contribution in [-0.2, 0) is 0 Å². The highest BCUT2D eigenvalue weighted by atomic mass is 16.5. The van der Waals surface area contributed by atoms with E-state index >= 15 is 0 Å². The molecular formula is C21H29N5O2. The van der Waals surface area contributed by atoms with Gasteiger partial charge in [0.1, 0.15) is 12.4 Å². The van der Waals surface area contributed by atoms with Crippen LogP contribution in [0.5, 0.6) is 5.75 Å². The van der Waals surface area contributed by atoms with E-state index in [9.17, 15) is 4.79 Å². The van der Waals surface area contributed by atoms with Crippen molar-refractivity contribution in [1.29, 1.82) is 0 Å². The first-order valence-corrected chi connectivity index (χ1v) is 9.91. The Morgan fingerprint density at radius 1 is 1.36 bits per heavy atom. The van der Waals surface area contributed by atoms with E-state index in [1.54, 1.807) is 6.20 Å². The zero-order valence-corrected chi connectivity index (χ0v) is 16.6. The minimum Gasteiger partial charge on any atom is -0.492 e. The van der Waals surface area contributed by atoms with E-state index < -0.39 is 0 Å². The van der Waals surface area contributed by atoms with Gasteiger partial charge in [-0.15, -0.1) is 0 Å². The van der Waals surface area contributed by atoms with Gasteiger partial charge in [0.2, 0.25) is 0 Å². The van der Waals surface area contributed by atoms with Gasteiger partial charge in [-0.3, -0.25) is 9.69 Å². The van der Waals surface area contributed by atoms with E-state index in [0.29, 0.717) is 12.3 Å². The molecule has 3 N–H and O–H groups in total. The second-order valence-electron chi connectivity index (χ2n) is 7.19. The Morgan fingerprint density at radius 2 is 2.18 bits per heavy atom. The minimum absolute atomic E-state index is 0.113. The molecule has 150 valence electrons. The maximum atomic E-state index is 11.9. The number of carbonyl (C=O) groups is 1. The molecule has 1 fully saturated rings. The number of rotatable bonds is 10. The molecule has 0 radical (unpaired) electrons. The van der Waals surface area contributed by atoms with Crippen molar-refractivity contribution < 1.29 is 9.53 Å². The first-order chi connectivity index (χ1) is 13.6. The van der Waals surface area contributed by atoms with Crippen LogP contribution in [0.4, 0.5) is 5.82 Å². The van der Waals surface area contributed by atoms with Crippen LogP contribution in [0.2, 0.25) is 0 Å². The lowest BCUT2D eigenvalue weighted by atomic mass is 10.1. The maximum absolute atomic E-state index is 11.9. The van der Waals surface area contributed by atoms with Gasteiger partial charge in [-0.2, -0.15) is 0 Å². The summed E-state index contributed by atoms with van der Waals surface area (Å²) in [6, 6.07) is 7.67. The summed E-state index contributed by atoms with van der Waals surface area (Å²) < 4.78 is 5.98. The predicted octanol–water partition coefficient (Wildman–Crippen LogP) is 2.59. The summed E-state index contributed by atoms with van der Waals surface area (Å²) in [4.78, 5) is 22.9. The fourth-order valence-corrected chi connectivity index (χ4v) is 3.14. The normalized spacial score (nSPS) is 13.5. The van der Waals surface area contributed by atoms with Gasteiger partial charge in [-0.1, -0.05) is 19.1 Å². The Hall–Kier alpha value is -2.67. The number of amides is 1. The molecule has 1 heterocycles. The quantitative estimate of drug-likeness (QED) is 0.655. The van der Waals surface area contributed by atoms with Crippen molar-refractivity contribution in [2.24, 2.45) is 5.92 Å². The molecular weight excluding hydrogens is 354 g/mol. The lowest BCUT2D eigenvalue weighted by Gasteiger charge is -2.21. The van der Waals surface area contributed by atoms with Gasteiger partial charge < -0.3 is 15.8 Å². The average molecular weight is 383 g/mol. The number of nitrogen functional groups attached to an aromatic ring is 1. The molecule has 1 aromatic heterocycles. The minimum atomic E-state index is -0.356. The number of hydrogen-bond acceptors (Lipinski definition) is 6. The van der Waals surface area contributed by atoms with Crippen molar-refractivity contribution in [1.82, 2.24) is 20.2 Å². The Labute approximate surface area is 166 Å². The van der Waals surface area contributed by atoms with Gasteiger partial charge in [0.25, 0.3) is 5.91 Å². The molecule has 0 atom stereocenters. The Bertz CT molecular complexity index is 807. The molecule has 1 aromatic carbocycles. The first kappa shape index (κ1) is 20.1. The van der Waals surface area contributed by atoms with Crippen molar-refractivity contribution in [2.75, 3.05) is 39.0 Å². The molecule has 3 rings (SSSR count). The van der Waals surface area contributed by atoms with E-state index in [2.05, 4.69) is 27.1 Å². The molecule has 28 heavy (non-hydrogen) atoms. The monoisotopic (exact) mass is 383 g/mol. The lowest BCUT2D eigenvalue weighted by molar-refractivity contribution is 0.0959. The average Bonchev–Trinajstić information content (AvgIpc) is 3.52. The van der Waals surface area contributed by atoms with E-state index in [4.69, 9.17) is 10.5 Å². The van der Waals surface area contributed by atoms with E-state index in [-0.39, 0.29) is 17.4 Å². The molecule has 7 heteroatoms. The number of nitrogens with one attached hydrogen (secondary N) is 1. The topological polar surface area (TPSA) is 93.4 Å². The summed E-state index contributed by atoms with van der Waals surface area (Å²) in [5, 5.41) is 2.53. The van der Waals surface area contributed by atoms with E-state index in [1.807, 2.05) is 24.3 Å². The third-order valence-corrected chi connectivity index (χ3v) is 4.80. The van der Waals surface area contributed by atoms with Crippen LogP contribution in [0.15, 0.2) is 30.5 Å². The highest BCUT2D eigenvalue weighted by Crippen LogP contribution is 2.29. The van der Waals surface area contributed by atoms with Crippen LogP contribution in [0.1, 0.15) is 36.7 Å². The molecule has 2 aromatic rings. The van der Waals surface area contributed by atoms with Gasteiger partial charge >= 0.3 is 0 Å². The van der Waals surface area contributed by atoms with Crippen LogP contribution in [-0.4, -0.2) is 54.1 Å². The van der Waals surface area contributed by atoms with E-state index in [1.165, 1.54) is 26.4 Å². The number of nitrogens with two attached hydrogens (primary N) is 1. The molecule has 1 saturated carbocycles. The Morgan fingerprint density at radius 3 is 2.89 bits per heavy atom. The zero-order valence-electron chi connectivity index (χ0n) is 16.6. The number of benzene rings is 1. The second-order valence-corrected chi connectivity index (χ2v) is 7.19. The molecule has 0 bridgehead atoms. The molecule has 7 nitrogen and oxygen atoms in total. The third-order valence-electron chi connectivity index (χ3n) is 4.80. The molecule has 1 aliphatic carbocycles. The van der Waals surface area contributed by atoms with Gasteiger partial charge in [0.15, 0.2) is 11.5 Å². The van der Waals surface area contributed by atoms with Crippen LogP contribution in [0.25, 0.3) is 11.3 Å². The fourth-order valence-electron chi connectivity index (χ4n) is 3.14. The summed E-state index contributed by atoms with van der Waals surface area (Å²) in [5.74, 6) is 1.42. The van der Waals surface area contributed by atoms with Gasteiger partial charge in [0.05, 0.1) is 11.9 Å². The number of anilines is 1. The van der Waals surface area contributed by atoms with Crippen LogP contribution in [0.3, 0.4) is 0 Å². The molecule has 0 aliphatic heterocycles. The smallest absolute Gasteiger partial charge is 0.273 e. The highest BCUT2D eigenvalue weighted by Gasteiger charge is 2.23. The summed E-state index contributed by atoms with van der Waals surface area (Å²) in [5.41, 5.74) is 7.31. The number of ether oxygens (including phenoxy) is 1. The second kappa shape index (κ2) is 9.50. The molecule has 1 amide bonds. The Kier molecular flexibility index (Phi) is 6.81. The van der Waals surface area contributed by atoms with Crippen LogP contribution in [0, 0.1) is 5.92 Å². The number of nitrogens with zero attached hydrogens (tertiary/aromatic N) is 3. The lowest BCUT2D eigenvalue weighted by Crippen LogP contribution is -2.31. The molecule has 0 unspecified atom stereocenters. The molecule has 0 saturated heterocycles. The summed E-state index contributed by atoms with van der Waals surface area (Å²) >= 11 is 0. The van der Waals surface area contributed by atoms with Crippen LogP contribution >= 0.6 is 0 Å². The van der Waals surface area contributed by atoms with Crippen molar-refractivity contribution >= 4 is 11.7 Å². The van der Waals surface area contributed by atoms with Gasteiger partial charge in [-0.25, -0.2) is 9.97 Å². The van der Waals surface area contributed by atoms with Crippen molar-refractivity contribution in [3.05, 3.63) is 36.2 Å². The van der Waals surface area contributed by atoms with E-state index in [0.717, 1.165) is 36.7 Å². The van der Waals surface area contributed by atoms with Gasteiger partial charge in [-0.05, 0) is 43.9 Å². The molecule has 0 spiro atoms. The zero-order chi connectivity index (χ0) is 19.9. The van der Waals surface area contributed by atoms with Crippen molar-refractivity contribution in [3.8, 4) is 17.0 Å². The van der Waals surface area contributed by atoms with Gasteiger partial charge in [0, 0.05) is 25.7 Å². The van der Waals surface area contributed by atoms with Crippen molar-refractivity contribution in [3.63, 3.8) is 0 Å². The predicted molar refractivity (Wildman–Crippen MR) is 110 cm³/mol. The fraction of sp³-hybridized carbons (Fsp3) is 0.476. The Balaban J connectivity index is 1.64. The maximum Gasteiger partial charge on any atom is 0.273 e. The standard InChI is InChI=1S/C21H29N5O2/c1-3-9-26(14-15-7-8-15)10-11-28-17-6-4-5-16(12-17)18-13-24-20(22)19(25-18)21(27)23-2/h4-6,12-13,15H,3,7-11,14H2,1-2H3,(H2,22,24)(H,23,27). The number of hydrogen-bond donors (Lipinski definition) is 2. The summed E-state index contributed by atoms with van der Waals surface area (Å²) in [6.45, 7) is 6.08. The summed E-state index contributed by atoms with van der Waals surface area (Å²) in [6.07, 6.45) is 5.46.